The van der Waals surface area contributed by atoms with Gasteiger partial charge >= 0.3 is 12.2 Å². The molecular formula is C43H49N5O6. The normalized spacial score (nSPS) is 23.8. The summed E-state index contributed by atoms with van der Waals surface area (Å²) in [5.41, 5.74) is 8.71. The molecule has 282 valence electrons. The van der Waals surface area contributed by atoms with Crippen LogP contribution in [0.2, 0.25) is 0 Å². The fraction of sp³-hybridized carbons (Fsp3) is 0.535. The number of allylic oxidation sites excluding steroid dienone is 1. The summed E-state index contributed by atoms with van der Waals surface area (Å²) in [5.74, 6) is 2.48. The Balaban J connectivity index is 0.884. The van der Waals surface area contributed by atoms with Crippen molar-refractivity contribution in [1.29, 1.82) is 0 Å². The van der Waals surface area contributed by atoms with E-state index in [1.807, 2.05) is 63.7 Å². The third kappa shape index (κ3) is 5.85. The Labute approximate surface area is 316 Å². The van der Waals surface area contributed by atoms with Crippen LogP contribution in [-0.2, 0) is 22.7 Å². The lowest BCUT2D eigenvalue weighted by molar-refractivity contribution is 0.0210. The number of H-pyrrole nitrogens is 1. The molecule has 0 unspecified atom stereocenters. The highest BCUT2D eigenvalue weighted by Gasteiger charge is 2.56. The Morgan fingerprint density at radius 3 is 1.89 bits per heavy atom. The predicted molar refractivity (Wildman–Crippen MR) is 203 cm³/mol. The van der Waals surface area contributed by atoms with Gasteiger partial charge in [-0.25, -0.2) is 14.6 Å². The van der Waals surface area contributed by atoms with Crippen molar-refractivity contribution in [3.63, 3.8) is 0 Å². The van der Waals surface area contributed by atoms with Crippen molar-refractivity contribution >= 4 is 23.5 Å². The lowest BCUT2D eigenvalue weighted by Gasteiger charge is -2.30. The number of nitrogens with one attached hydrogen (secondary N) is 1. The van der Waals surface area contributed by atoms with Gasteiger partial charge in [0.25, 0.3) is 0 Å². The Morgan fingerprint density at radius 2 is 1.31 bits per heavy atom. The minimum Gasteiger partial charge on any atom is -0.488 e. The van der Waals surface area contributed by atoms with E-state index in [2.05, 4.69) is 29.2 Å². The molecule has 2 atom stereocenters. The van der Waals surface area contributed by atoms with Crippen molar-refractivity contribution in [2.75, 3.05) is 13.1 Å². The van der Waals surface area contributed by atoms with Crippen LogP contribution >= 0.6 is 0 Å². The molecular weight excluding hydrogens is 683 g/mol. The second kappa shape index (κ2) is 11.4. The van der Waals surface area contributed by atoms with Crippen molar-refractivity contribution in [1.82, 2.24) is 19.8 Å². The highest BCUT2D eigenvalue weighted by Crippen LogP contribution is 2.59. The molecule has 11 nitrogen and oxygen atoms in total. The van der Waals surface area contributed by atoms with Crippen LogP contribution in [0.3, 0.4) is 0 Å². The SMILES string of the molecule is CC(C)(C)OC(=O)N1CC2(CC2)C[C@H]1C1=NC=C(c2cc3c4c(c2)OCc2cc(-c5cnc([C@@H]6CC7(CC7)CN6C(=O)OC(C)(C)C)[nH]5)cc(c2-4)OC3)C1. The largest absolute Gasteiger partial charge is 0.488 e. The number of benzene rings is 2. The molecule has 0 radical (unpaired) electrons. The van der Waals surface area contributed by atoms with E-state index in [1.54, 1.807) is 0 Å². The van der Waals surface area contributed by atoms with Gasteiger partial charge in [0.2, 0.25) is 0 Å². The van der Waals surface area contributed by atoms with Crippen LogP contribution in [0.1, 0.15) is 115 Å². The Bertz CT molecular complexity index is 2130. The van der Waals surface area contributed by atoms with Gasteiger partial charge < -0.3 is 23.9 Å². The van der Waals surface area contributed by atoms with Crippen LogP contribution in [-0.4, -0.2) is 68.0 Å². The summed E-state index contributed by atoms with van der Waals surface area (Å²) in [6, 6.07) is 8.42. The first kappa shape index (κ1) is 33.7. The summed E-state index contributed by atoms with van der Waals surface area (Å²) < 4.78 is 24.6. The van der Waals surface area contributed by atoms with Crippen LogP contribution in [0.5, 0.6) is 11.5 Å². The number of nitrogens with zero attached hydrogens (tertiary/aromatic N) is 4. The summed E-state index contributed by atoms with van der Waals surface area (Å²) >= 11 is 0. The standard InChI is InChI=1S/C43H49N5O6/c1-40(2,3)53-38(49)47-22-42(7-8-42)16-31(47)29-13-26(18-44-29)24-11-27-20-52-34-15-25(12-28-21-51-33(14-24)35(27)36(28)34)30-19-45-37(46-30)32-17-43(9-10-43)23-48(32)39(50)54-41(4,5)6/h11-12,14-15,18-19,31-32H,7-10,13,16-17,20-23H2,1-6H3,(H,45,46)/t31-,32-/m0/s1. The third-order valence-corrected chi connectivity index (χ3v) is 12.3. The Morgan fingerprint density at radius 1 is 0.778 bits per heavy atom. The number of carbonyl (C=O) groups excluding carboxylic acids is 2. The predicted octanol–water partition coefficient (Wildman–Crippen LogP) is 8.97. The van der Waals surface area contributed by atoms with Crippen molar-refractivity contribution in [2.45, 2.75) is 123 Å². The molecule has 2 saturated heterocycles. The maximum atomic E-state index is 13.3. The van der Waals surface area contributed by atoms with E-state index in [1.165, 1.54) is 0 Å². The van der Waals surface area contributed by atoms with Crippen molar-refractivity contribution in [3.8, 4) is 33.9 Å². The molecule has 2 spiro atoms. The number of aromatic nitrogens is 2. The number of hydrogen-bond donors (Lipinski definition) is 1. The minimum absolute atomic E-state index is 0.0434. The highest BCUT2D eigenvalue weighted by molar-refractivity contribution is 6.03. The maximum Gasteiger partial charge on any atom is 0.410 e. The molecule has 5 aliphatic heterocycles. The van der Waals surface area contributed by atoms with Crippen LogP contribution in [0.15, 0.2) is 41.7 Å². The molecule has 3 aromatic rings. The maximum absolute atomic E-state index is 13.3. The van der Waals surface area contributed by atoms with E-state index < -0.39 is 11.2 Å². The monoisotopic (exact) mass is 731 g/mol. The average molecular weight is 732 g/mol. The highest BCUT2D eigenvalue weighted by atomic mass is 16.6. The lowest BCUT2D eigenvalue weighted by Crippen LogP contribution is -2.43. The average Bonchev–Trinajstić information content (AvgIpc) is 3.68. The smallest absolute Gasteiger partial charge is 0.410 e. The fourth-order valence-electron chi connectivity index (χ4n) is 9.26. The van der Waals surface area contributed by atoms with Crippen LogP contribution in [0, 0.1) is 10.8 Å². The first-order chi connectivity index (χ1) is 25.6. The number of rotatable bonds is 4. The Kier molecular flexibility index (Phi) is 7.10. The van der Waals surface area contributed by atoms with E-state index in [4.69, 9.17) is 28.9 Å². The van der Waals surface area contributed by atoms with Gasteiger partial charge in [0.15, 0.2) is 0 Å². The number of ether oxygens (including phenoxy) is 4. The van der Waals surface area contributed by atoms with Crippen LogP contribution in [0.25, 0.3) is 28.0 Å². The molecule has 10 rings (SSSR count). The van der Waals surface area contributed by atoms with Gasteiger partial charge in [0.1, 0.15) is 41.7 Å². The zero-order valence-corrected chi connectivity index (χ0v) is 32.1. The fourth-order valence-corrected chi connectivity index (χ4v) is 9.26. The molecule has 11 heteroatoms. The summed E-state index contributed by atoms with van der Waals surface area (Å²) in [4.78, 5) is 43.6. The molecule has 2 aliphatic carbocycles. The molecule has 7 aliphatic rings. The number of carbonyl (C=O) groups is 2. The number of amides is 2. The first-order valence-corrected chi connectivity index (χ1v) is 19.5. The van der Waals surface area contributed by atoms with Crippen LogP contribution in [0.4, 0.5) is 9.59 Å². The molecule has 1 aromatic heterocycles. The number of hydrogen-bond acceptors (Lipinski definition) is 8. The van der Waals surface area contributed by atoms with Gasteiger partial charge in [-0.3, -0.25) is 14.8 Å². The number of aromatic amines is 1. The lowest BCUT2D eigenvalue weighted by atomic mass is 9.86. The van der Waals surface area contributed by atoms with Gasteiger partial charge in [-0.2, -0.15) is 0 Å². The summed E-state index contributed by atoms with van der Waals surface area (Å²) in [7, 11) is 0. The first-order valence-electron chi connectivity index (χ1n) is 19.5. The van der Waals surface area contributed by atoms with Gasteiger partial charge in [-0.05, 0) is 126 Å². The number of imidazole rings is 1. The number of likely N-dealkylation sites (tertiary alicyclic amines) is 2. The van der Waals surface area contributed by atoms with E-state index in [-0.39, 0.29) is 35.1 Å². The van der Waals surface area contributed by atoms with Gasteiger partial charge in [0.05, 0.1) is 24.0 Å². The summed E-state index contributed by atoms with van der Waals surface area (Å²) in [6.07, 6.45) is 10.4. The second-order valence-corrected chi connectivity index (χ2v) is 18.9. The van der Waals surface area contributed by atoms with Gasteiger partial charge in [-0.1, -0.05) is 0 Å². The zero-order valence-electron chi connectivity index (χ0n) is 32.1. The molecule has 0 bridgehead atoms. The molecule has 1 N–H and O–H groups in total. The van der Waals surface area contributed by atoms with Crippen LogP contribution < -0.4 is 9.47 Å². The molecule has 4 fully saturated rings. The van der Waals surface area contributed by atoms with Crippen molar-refractivity contribution < 1.29 is 28.5 Å². The molecule has 2 aromatic carbocycles. The van der Waals surface area contributed by atoms with E-state index in [9.17, 15) is 9.59 Å². The summed E-state index contributed by atoms with van der Waals surface area (Å²) in [5, 5.41) is 0. The van der Waals surface area contributed by atoms with Crippen molar-refractivity contribution in [2.24, 2.45) is 15.8 Å². The zero-order chi connectivity index (χ0) is 37.4. The molecule has 54 heavy (non-hydrogen) atoms. The van der Waals surface area contributed by atoms with Gasteiger partial charge in [-0.15, -0.1) is 0 Å². The Hall–Kier alpha value is -4.80. The summed E-state index contributed by atoms with van der Waals surface area (Å²) in [6.45, 7) is 13.8. The molecule has 2 saturated carbocycles. The van der Waals surface area contributed by atoms with Gasteiger partial charge in [0, 0.05) is 59.2 Å². The molecule has 2 amide bonds. The number of aliphatic imine (C=N–C) groups is 1. The minimum atomic E-state index is -0.560. The van der Waals surface area contributed by atoms with E-state index >= 15 is 0 Å². The molecule has 6 heterocycles. The third-order valence-electron chi connectivity index (χ3n) is 12.3. The van der Waals surface area contributed by atoms with Crippen molar-refractivity contribution in [3.05, 3.63) is 59.2 Å². The second-order valence-electron chi connectivity index (χ2n) is 18.9. The quantitative estimate of drug-likeness (QED) is 0.285. The topological polar surface area (TPSA) is 119 Å². The van der Waals surface area contributed by atoms with E-state index in [0.717, 1.165) is 113 Å². The van der Waals surface area contributed by atoms with E-state index in [0.29, 0.717) is 26.2 Å².